The fraction of sp³-hybridized carbons (Fsp3) is 0.750. The van der Waals surface area contributed by atoms with Gasteiger partial charge in [0.25, 0.3) is 0 Å². The van der Waals surface area contributed by atoms with Crippen LogP contribution in [0.15, 0.2) is 0 Å². The van der Waals surface area contributed by atoms with E-state index in [-0.39, 0.29) is 63.3 Å². The van der Waals surface area contributed by atoms with Crippen molar-refractivity contribution < 1.29 is 56.2 Å². The van der Waals surface area contributed by atoms with Crippen molar-refractivity contribution in [2.24, 2.45) is 0 Å². The summed E-state index contributed by atoms with van der Waals surface area (Å²) in [5.41, 5.74) is 0. The Kier molecular flexibility index (Phi) is 8.13. The van der Waals surface area contributed by atoms with Crippen LogP contribution in [0.1, 0.15) is 19.8 Å². The third-order valence-electron chi connectivity index (χ3n) is 2.09. The first-order valence-electron chi connectivity index (χ1n) is 4.32. The molecule has 1 amide bonds. The second kappa shape index (κ2) is 7.48. The zero-order chi connectivity index (χ0) is 9.84. The van der Waals surface area contributed by atoms with Crippen molar-refractivity contribution in [3.05, 3.63) is 0 Å². The molecule has 3 nitrogen and oxygen atoms in total. The normalized spacial score (nSPS) is 20.9. The van der Waals surface area contributed by atoms with Crippen LogP contribution in [0.25, 0.3) is 0 Å². The van der Waals surface area contributed by atoms with E-state index in [1.807, 2.05) is 4.90 Å². The van der Waals surface area contributed by atoms with Crippen molar-refractivity contribution in [2.45, 2.75) is 25.8 Å². The van der Waals surface area contributed by atoms with Gasteiger partial charge in [0.05, 0.1) is 0 Å². The molecule has 0 aromatic carbocycles. The molecule has 0 aromatic rings. The zero-order valence-electron chi connectivity index (χ0n) is 8.58. The number of thiocarbonyl (C=S) groups is 1. The summed E-state index contributed by atoms with van der Waals surface area (Å²) >= 11 is 9.82. The van der Waals surface area contributed by atoms with Crippen molar-refractivity contribution in [2.75, 3.05) is 13.1 Å². The van der Waals surface area contributed by atoms with Gasteiger partial charge in [-0.15, -0.1) is 0 Å². The first-order chi connectivity index (χ1) is 6.09. The first kappa shape index (κ1) is 15.2. The summed E-state index contributed by atoms with van der Waals surface area (Å²) in [6.45, 7) is 3.23. The van der Waals surface area contributed by atoms with E-state index in [1.165, 1.54) is 6.92 Å². The van der Waals surface area contributed by atoms with E-state index in [4.69, 9.17) is 24.8 Å². The average Bonchev–Trinajstić information content (AvgIpc) is 2.03. The number of rotatable bonds is 1. The second-order valence-electron chi connectivity index (χ2n) is 3.25. The predicted octanol–water partition coefficient (Wildman–Crippen LogP) is -2.58. The maximum atomic E-state index is 10.8. The molecule has 74 valence electrons. The van der Waals surface area contributed by atoms with Crippen LogP contribution in [-0.2, 0) is 17.4 Å². The van der Waals surface area contributed by atoms with Crippen molar-refractivity contribution in [3.8, 4) is 0 Å². The second-order valence-corrected chi connectivity index (χ2v) is 4.28. The van der Waals surface area contributed by atoms with E-state index in [1.54, 1.807) is 0 Å². The maximum Gasteiger partial charge on any atom is 1.00 e. The minimum atomic E-state index is 0. The van der Waals surface area contributed by atoms with Gasteiger partial charge in [-0.1, -0.05) is 4.32 Å². The average molecular weight is 256 g/mol. The Morgan fingerprint density at radius 2 is 2.29 bits per heavy atom. The third-order valence-corrected chi connectivity index (χ3v) is 2.60. The molecule has 1 fully saturated rings. The van der Waals surface area contributed by atoms with Crippen LogP contribution >= 0.6 is 12.2 Å². The minimum Gasteiger partial charge on any atom is -0.411 e. The van der Waals surface area contributed by atoms with E-state index in [0.717, 1.165) is 25.9 Å². The Bertz CT molecular complexity index is 225. The number of nitrogens with zero attached hydrogens (tertiary/aromatic N) is 1. The fourth-order valence-corrected chi connectivity index (χ4v) is 1.88. The van der Waals surface area contributed by atoms with Crippen molar-refractivity contribution in [1.82, 2.24) is 10.2 Å². The number of hydrogen-bond donors (Lipinski definition) is 1. The van der Waals surface area contributed by atoms with E-state index in [9.17, 15) is 4.79 Å². The van der Waals surface area contributed by atoms with Crippen LogP contribution in [0, 0.1) is 0 Å². The Hall–Kier alpha value is 1.22. The van der Waals surface area contributed by atoms with Gasteiger partial charge in [0.15, 0.2) is 0 Å². The molecule has 1 saturated heterocycles. The minimum absolute atomic E-state index is 0. The van der Waals surface area contributed by atoms with Gasteiger partial charge in [-0.3, -0.25) is 4.79 Å². The molecule has 1 unspecified atom stereocenters. The van der Waals surface area contributed by atoms with Crippen LogP contribution < -0.4 is 56.7 Å². The molecule has 0 spiro atoms. The number of piperidine rings is 1. The van der Waals surface area contributed by atoms with E-state index in [2.05, 4.69) is 5.32 Å². The van der Waals surface area contributed by atoms with Crippen LogP contribution in [0.5, 0.6) is 0 Å². The molecule has 0 radical (unpaired) electrons. The summed E-state index contributed by atoms with van der Waals surface area (Å²) < 4.78 is 0.509. The topological polar surface area (TPSA) is 32.3 Å². The van der Waals surface area contributed by atoms with E-state index >= 15 is 0 Å². The van der Waals surface area contributed by atoms with Gasteiger partial charge in [0.2, 0.25) is 5.91 Å². The first-order valence-corrected chi connectivity index (χ1v) is 5.14. The van der Waals surface area contributed by atoms with Gasteiger partial charge >= 0.3 is 51.4 Å². The summed E-state index contributed by atoms with van der Waals surface area (Å²) in [4.78, 5) is 12.8. The van der Waals surface area contributed by atoms with Crippen molar-refractivity contribution >= 4 is 35.1 Å². The number of amides is 1. The van der Waals surface area contributed by atoms with E-state index in [0.29, 0.717) is 4.32 Å². The summed E-state index contributed by atoms with van der Waals surface area (Å²) in [7, 11) is 0. The van der Waals surface area contributed by atoms with Crippen LogP contribution in [0.3, 0.4) is 0 Å². The molecule has 1 rings (SSSR count). The Balaban J connectivity index is 0.00000169. The fourth-order valence-electron chi connectivity index (χ4n) is 1.55. The molecule has 0 saturated carbocycles. The third kappa shape index (κ3) is 5.34. The molecule has 1 aliphatic rings. The van der Waals surface area contributed by atoms with E-state index < -0.39 is 0 Å². The maximum absolute atomic E-state index is 10.8. The number of likely N-dealkylation sites (tertiary alicyclic amines) is 1. The monoisotopic (exact) mass is 256 g/mol. The Morgan fingerprint density at radius 3 is 2.79 bits per heavy atom. The van der Waals surface area contributed by atoms with Crippen LogP contribution in [-0.4, -0.2) is 34.3 Å². The summed E-state index contributed by atoms with van der Waals surface area (Å²) in [6.07, 6.45) is 2.07. The summed E-state index contributed by atoms with van der Waals surface area (Å²) in [5, 5.41) is 2.88. The van der Waals surface area contributed by atoms with Gasteiger partial charge < -0.3 is 35.1 Å². The predicted molar refractivity (Wildman–Crippen MR) is 58.4 cm³/mol. The Morgan fingerprint density at radius 1 is 1.64 bits per heavy atom. The van der Waals surface area contributed by atoms with Gasteiger partial charge in [-0.25, -0.2) is 0 Å². The summed E-state index contributed by atoms with van der Waals surface area (Å²) in [5.74, 6) is 0.0159. The molecule has 1 aliphatic heterocycles. The van der Waals surface area contributed by atoms with Gasteiger partial charge in [0.1, 0.15) is 0 Å². The van der Waals surface area contributed by atoms with Crippen molar-refractivity contribution in [1.29, 1.82) is 0 Å². The quantitative estimate of drug-likeness (QED) is 0.317. The molecule has 0 bridgehead atoms. The summed E-state index contributed by atoms with van der Waals surface area (Å²) in [6, 6.07) is 0.215. The molecule has 14 heavy (non-hydrogen) atoms. The molecular weight excluding hydrogens is 243 g/mol. The molecule has 0 aliphatic carbocycles. The molecule has 1 atom stereocenters. The number of carbonyl (C=O) groups is 1. The van der Waals surface area contributed by atoms with Crippen molar-refractivity contribution in [3.63, 3.8) is 0 Å². The smallest absolute Gasteiger partial charge is 0.411 e. The standard InChI is InChI=1S/C8H14N2OS2.K/c1-6(11)9-7-3-2-4-10(5-7)8(12)13;/h7H,2-5H2,1H3,(H,9,11)(H,12,13);/q;+1/p-1. The molecule has 1 N–H and O–H groups in total. The molecular formula is C8H13KN2OS2. The number of nitrogens with one attached hydrogen (secondary N) is 1. The van der Waals surface area contributed by atoms with Gasteiger partial charge in [-0.2, -0.15) is 0 Å². The SMILES string of the molecule is CC(=O)NC1CCCN(C(=S)[S-])C1.[K+]. The number of hydrogen-bond acceptors (Lipinski definition) is 3. The zero-order valence-corrected chi connectivity index (χ0v) is 13.3. The van der Waals surface area contributed by atoms with Crippen LogP contribution in [0.4, 0.5) is 0 Å². The van der Waals surface area contributed by atoms with Crippen LogP contribution in [0.2, 0.25) is 0 Å². The molecule has 0 aromatic heterocycles. The number of carbonyl (C=O) groups excluding carboxylic acids is 1. The Labute approximate surface area is 138 Å². The molecule has 6 heteroatoms. The van der Waals surface area contributed by atoms with Gasteiger partial charge in [-0.05, 0) is 12.8 Å². The molecule has 1 heterocycles. The largest absolute Gasteiger partial charge is 1.00 e. The van der Waals surface area contributed by atoms with Gasteiger partial charge in [0, 0.05) is 26.1 Å².